The normalized spacial score (nSPS) is 14.3. The van der Waals surface area contributed by atoms with E-state index < -0.39 is 0 Å². The summed E-state index contributed by atoms with van der Waals surface area (Å²) >= 11 is 0. The van der Waals surface area contributed by atoms with E-state index in [2.05, 4.69) is 20.6 Å². The third-order valence-electron chi connectivity index (χ3n) is 7.19. The molecular formula is C28H29N7O3. The maximum atomic E-state index is 13.0. The predicted octanol–water partition coefficient (Wildman–Crippen LogP) is 4.24. The molecule has 1 amide bonds. The largest absolute Gasteiger partial charge is 0.495 e. The maximum absolute atomic E-state index is 13.0. The number of hydrogen-bond donors (Lipinski definition) is 3. The van der Waals surface area contributed by atoms with Crippen molar-refractivity contribution in [1.82, 2.24) is 25.1 Å². The molecule has 10 heteroatoms. The first-order valence-corrected chi connectivity index (χ1v) is 12.7. The molecule has 1 aliphatic heterocycles. The number of fused-ring (bicyclic) bond motifs is 2. The van der Waals surface area contributed by atoms with Gasteiger partial charge in [0.2, 0.25) is 5.91 Å². The van der Waals surface area contributed by atoms with Gasteiger partial charge in [-0.25, -0.2) is 14.6 Å². The van der Waals surface area contributed by atoms with Gasteiger partial charge in [0.1, 0.15) is 34.9 Å². The maximum Gasteiger partial charge on any atom is 0.232 e. The van der Waals surface area contributed by atoms with Gasteiger partial charge in [0.15, 0.2) is 5.65 Å². The van der Waals surface area contributed by atoms with Crippen molar-refractivity contribution >= 4 is 39.4 Å². The second kappa shape index (κ2) is 9.79. The van der Waals surface area contributed by atoms with Crippen molar-refractivity contribution in [2.75, 3.05) is 31.2 Å². The van der Waals surface area contributed by atoms with Crippen LogP contribution in [-0.4, -0.2) is 45.9 Å². The number of nitrogens with two attached hydrogens (primary N) is 1. The van der Waals surface area contributed by atoms with Crippen LogP contribution < -0.4 is 21.1 Å². The van der Waals surface area contributed by atoms with Crippen LogP contribution in [0.3, 0.4) is 0 Å². The molecule has 6 rings (SSSR count). The van der Waals surface area contributed by atoms with Gasteiger partial charge in [0, 0.05) is 10.9 Å². The van der Waals surface area contributed by atoms with Gasteiger partial charge in [0.05, 0.1) is 30.6 Å². The Kier molecular flexibility index (Phi) is 6.16. The molecule has 0 bridgehead atoms. The number of carbonyl (C=O) groups excluding carboxylic acids is 1. The van der Waals surface area contributed by atoms with Gasteiger partial charge in [-0.15, -0.1) is 0 Å². The van der Waals surface area contributed by atoms with Gasteiger partial charge in [-0.1, -0.05) is 24.3 Å². The standard InChI is InChI=1S/C28H29N7O3/c1-16-19-5-3-4-6-21(19)38-22(16)14-24(36)33-20-8-7-17(13-23(20)37-2)26-25-27(29)31-15-32-28(25)35(34-26)18-9-11-30-12-10-18/h3-8,13,15,18,30H,9-12,14H2,1-2H3,(H,33,36)(H2,29,31,32). The van der Waals surface area contributed by atoms with Crippen molar-refractivity contribution in [2.24, 2.45) is 0 Å². The van der Waals surface area contributed by atoms with Gasteiger partial charge in [-0.05, 0) is 56.6 Å². The lowest BCUT2D eigenvalue weighted by Crippen LogP contribution is -2.30. The molecule has 4 N–H and O–H groups in total. The van der Waals surface area contributed by atoms with Crippen LogP contribution in [0, 0.1) is 6.92 Å². The van der Waals surface area contributed by atoms with Crippen LogP contribution in [-0.2, 0) is 11.2 Å². The topological polar surface area (TPSA) is 133 Å². The Hall–Kier alpha value is -4.44. The first-order chi connectivity index (χ1) is 18.5. The number of ether oxygens (including phenoxy) is 1. The van der Waals surface area contributed by atoms with Crippen LogP contribution in [0.5, 0.6) is 5.75 Å². The number of amides is 1. The Morgan fingerprint density at radius 3 is 2.82 bits per heavy atom. The average Bonchev–Trinajstić information content (AvgIpc) is 3.48. The number of hydrogen-bond acceptors (Lipinski definition) is 8. The van der Waals surface area contributed by atoms with E-state index >= 15 is 0 Å². The fourth-order valence-corrected chi connectivity index (χ4v) is 5.18. The molecule has 0 radical (unpaired) electrons. The zero-order valence-electron chi connectivity index (χ0n) is 21.3. The molecule has 1 fully saturated rings. The molecule has 3 aromatic heterocycles. The van der Waals surface area contributed by atoms with Crippen LogP contribution in [0.15, 0.2) is 53.2 Å². The van der Waals surface area contributed by atoms with Gasteiger partial charge in [-0.2, -0.15) is 5.10 Å². The number of aryl methyl sites for hydroxylation is 1. The Balaban J connectivity index is 1.30. The number of benzene rings is 2. The number of carbonyl (C=O) groups is 1. The van der Waals surface area contributed by atoms with Crippen molar-refractivity contribution in [1.29, 1.82) is 0 Å². The molecule has 5 aromatic rings. The van der Waals surface area contributed by atoms with E-state index in [1.807, 2.05) is 54.1 Å². The lowest BCUT2D eigenvalue weighted by atomic mass is 10.1. The Bertz CT molecular complexity index is 1650. The molecule has 0 aliphatic carbocycles. The van der Waals surface area contributed by atoms with Crippen molar-refractivity contribution in [3.8, 4) is 17.0 Å². The molecule has 1 aliphatic rings. The Labute approximate surface area is 219 Å². The number of piperidine rings is 1. The van der Waals surface area contributed by atoms with Crippen LogP contribution >= 0.6 is 0 Å². The van der Waals surface area contributed by atoms with E-state index in [9.17, 15) is 4.79 Å². The van der Waals surface area contributed by atoms with Crippen molar-refractivity contribution < 1.29 is 13.9 Å². The summed E-state index contributed by atoms with van der Waals surface area (Å²) in [7, 11) is 1.57. The SMILES string of the molecule is COc1cc(-c2nn(C3CCNCC3)c3ncnc(N)c23)ccc1NC(=O)Cc1oc2ccccc2c1C. The van der Waals surface area contributed by atoms with E-state index in [1.54, 1.807) is 7.11 Å². The fraction of sp³-hybridized carbons (Fsp3) is 0.286. The molecule has 38 heavy (non-hydrogen) atoms. The first kappa shape index (κ1) is 23.9. The minimum atomic E-state index is -0.198. The molecule has 2 aromatic carbocycles. The number of furan rings is 1. The highest BCUT2D eigenvalue weighted by molar-refractivity contribution is 6.00. The highest BCUT2D eigenvalue weighted by atomic mass is 16.5. The van der Waals surface area contributed by atoms with Crippen molar-refractivity contribution in [3.63, 3.8) is 0 Å². The summed E-state index contributed by atoms with van der Waals surface area (Å²) < 4.78 is 13.5. The number of aromatic nitrogens is 4. The highest BCUT2D eigenvalue weighted by Gasteiger charge is 2.24. The number of nitrogen functional groups attached to an aromatic ring is 1. The summed E-state index contributed by atoms with van der Waals surface area (Å²) in [6.07, 6.45) is 3.51. The lowest BCUT2D eigenvalue weighted by molar-refractivity contribution is -0.115. The molecule has 0 atom stereocenters. The van der Waals surface area contributed by atoms with Crippen LogP contribution in [0.25, 0.3) is 33.3 Å². The van der Waals surface area contributed by atoms with Gasteiger partial charge >= 0.3 is 0 Å². The third-order valence-corrected chi connectivity index (χ3v) is 7.19. The minimum absolute atomic E-state index is 0.116. The summed E-state index contributed by atoms with van der Waals surface area (Å²) in [4.78, 5) is 21.7. The number of nitrogens with one attached hydrogen (secondary N) is 2. The van der Waals surface area contributed by atoms with Crippen LogP contribution in [0.1, 0.15) is 30.2 Å². The fourth-order valence-electron chi connectivity index (χ4n) is 5.18. The van der Waals surface area contributed by atoms with Gasteiger partial charge in [0.25, 0.3) is 0 Å². The summed E-state index contributed by atoms with van der Waals surface area (Å²) in [6.45, 7) is 3.82. The zero-order valence-corrected chi connectivity index (χ0v) is 21.3. The first-order valence-electron chi connectivity index (χ1n) is 12.7. The number of methoxy groups -OCH3 is 1. The Morgan fingerprint density at radius 1 is 1.21 bits per heavy atom. The number of nitrogens with zero attached hydrogens (tertiary/aromatic N) is 4. The summed E-state index contributed by atoms with van der Waals surface area (Å²) in [5.74, 6) is 1.33. The molecule has 4 heterocycles. The smallest absolute Gasteiger partial charge is 0.232 e. The van der Waals surface area contributed by atoms with Crippen molar-refractivity contribution in [2.45, 2.75) is 32.2 Å². The summed E-state index contributed by atoms with van der Waals surface area (Å²) in [6, 6.07) is 13.6. The van der Waals surface area contributed by atoms with Crippen LogP contribution in [0.2, 0.25) is 0 Å². The lowest BCUT2D eigenvalue weighted by Gasteiger charge is -2.23. The molecular weight excluding hydrogens is 482 g/mol. The second-order valence-electron chi connectivity index (χ2n) is 9.52. The molecule has 1 saturated heterocycles. The molecule has 194 valence electrons. The number of rotatable bonds is 6. The third kappa shape index (κ3) is 4.22. The van der Waals surface area contributed by atoms with E-state index in [1.165, 1.54) is 6.33 Å². The monoisotopic (exact) mass is 511 g/mol. The predicted molar refractivity (Wildman–Crippen MR) is 146 cm³/mol. The summed E-state index contributed by atoms with van der Waals surface area (Å²) in [5.41, 5.74) is 10.8. The quantitative estimate of drug-likeness (QED) is 0.308. The van der Waals surface area contributed by atoms with Gasteiger partial charge < -0.3 is 25.5 Å². The number of para-hydroxylation sites is 1. The molecule has 10 nitrogen and oxygen atoms in total. The Morgan fingerprint density at radius 2 is 2.03 bits per heavy atom. The molecule has 0 unspecified atom stereocenters. The molecule has 0 saturated carbocycles. The van der Waals surface area contributed by atoms with E-state index in [-0.39, 0.29) is 18.4 Å². The summed E-state index contributed by atoms with van der Waals surface area (Å²) in [5, 5.41) is 13.0. The van der Waals surface area contributed by atoms with E-state index in [0.29, 0.717) is 34.1 Å². The molecule has 0 spiro atoms. The number of anilines is 2. The zero-order chi connectivity index (χ0) is 26.2. The van der Waals surface area contributed by atoms with E-state index in [4.69, 9.17) is 20.0 Å². The van der Waals surface area contributed by atoms with Crippen molar-refractivity contribution in [3.05, 3.63) is 60.1 Å². The minimum Gasteiger partial charge on any atom is -0.495 e. The van der Waals surface area contributed by atoms with Crippen LogP contribution in [0.4, 0.5) is 11.5 Å². The van der Waals surface area contributed by atoms with E-state index in [0.717, 1.165) is 53.7 Å². The van der Waals surface area contributed by atoms with Gasteiger partial charge in [-0.3, -0.25) is 4.79 Å². The average molecular weight is 512 g/mol. The highest BCUT2D eigenvalue weighted by Crippen LogP contribution is 2.37. The second-order valence-corrected chi connectivity index (χ2v) is 9.52.